The first-order valence-corrected chi connectivity index (χ1v) is 6.66. The Morgan fingerprint density at radius 3 is 3.11 bits per heavy atom. The SMILES string of the molecule is CN1CCCCC1Cc1cn2cccc(N)c2n1. The van der Waals surface area contributed by atoms with E-state index in [0.717, 1.165) is 23.4 Å². The van der Waals surface area contributed by atoms with Crippen LogP contribution in [0.25, 0.3) is 5.65 Å². The molecule has 2 N–H and O–H groups in total. The van der Waals surface area contributed by atoms with E-state index in [1.807, 2.05) is 22.7 Å². The van der Waals surface area contributed by atoms with Crippen molar-refractivity contribution in [3.05, 3.63) is 30.2 Å². The second-order valence-electron chi connectivity index (χ2n) is 5.26. The van der Waals surface area contributed by atoms with Gasteiger partial charge < -0.3 is 15.0 Å². The van der Waals surface area contributed by atoms with Crippen LogP contribution in [-0.4, -0.2) is 33.9 Å². The molecule has 1 unspecified atom stereocenters. The van der Waals surface area contributed by atoms with Crippen LogP contribution in [0.15, 0.2) is 24.5 Å². The molecular formula is C14H20N4. The first-order valence-electron chi connectivity index (χ1n) is 6.66. The molecular weight excluding hydrogens is 224 g/mol. The summed E-state index contributed by atoms with van der Waals surface area (Å²) in [5, 5.41) is 0. The Kier molecular flexibility index (Phi) is 2.96. The van der Waals surface area contributed by atoms with Crippen molar-refractivity contribution in [3.63, 3.8) is 0 Å². The minimum Gasteiger partial charge on any atom is -0.396 e. The van der Waals surface area contributed by atoms with E-state index in [4.69, 9.17) is 5.73 Å². The van der Waals surface area contributed by atoms with Crippen LogP contribution in [0, 0.1) is 0 Å². The van der Waals surface area contributed by atoms with Crippen molar-refractivity contribution in [1.29, 1.82) is 0 Å². The molecule has 2 aromatic rings. The third-order valence-corrected chi connectivity index (χ3v) is 3.93. The highest BCUT2D eigenvalue weighted by molar-refractivity contribution is 5.64. The van der Waals surface area contributed by atoms with Crippen molar-refractivity contribution in [1.82, 2.24) is 14.3 Å². The van der Waals surface area contributed by atoms with E-state index in [2.05, 4.69) is 23.1 Å². The van der Waals surface area contributed by atoms with Gasteiger partial charge in [-0.05, 0) is 38.6 Å². The predicted molar refractivity (Wildman–Crippen MR) is 73.6 cm³/mol. The number of nitrogen functional groups attached to an aromatic ring is 1. The average molecular weight is 244 g/mol. The highest BCUT2D eigenvalue weighted by Crippen LogP contribution is 2.20. The van der Waals surface area contributed by atoms with Gasteiger partial charge in [0.2, 0.25) is 0 Å². The number of nitrogens with zero attached hydrogens (tertiary/aromatic N) is 3. The Morgan fingerprint density at radius 2 is 2.33 bits per heavy atom. The molecule has 0 saturated carbocycles. The summed E-state index contributed by atoms with van der Waals surface area (Å²) in [5.41, 5.74) is 8.71. The maximum atomic E-state index is 5.94. The topological polar surface area (TPSA) is 46.6 Å². The van der Waals surface area contributed by atoms with E-state index in [1.165, 1.54) is 25.8 Å². The summed E-state index contributed by atoms with van der Waals surface area (Å²) in [6.45, 7) is 1.21. The fourth-order valence-electron chi connectivity index (χ4n) is 2.83. The van der Waals surface area contributed by atoms with Gasteiger partial charge in [-0.1, -0.05) is 6.42 Å². The number of imidazole rings is 1. The van der Waals surface area contributed by atoms with Crippen LogP contribution in [-0.2, 0) is 6.42 Å². The number of aromatic nitrogens is 2. The number of nitrogens with two attached hydrogens (primary N) is 1. The van der Waals surface area contributed by atoms with Gasteiger partial charge >= 0.3 is 0 Å². The number of fused-ring (bicyclic) bond motifs is 1. The zero-order valence-electron chi connectivity index (χ0n) is 10.8. The van der Waals surface area contributed by atoms with Crippen LogP contribution >= 0.6 is 0 Å². The number of anilines is 1. The average Bonchev–Trinajstić information content (AvgIpc) is 2.76. The summed E-state index contributed by atoms with van der Waals surface area (Å²) < 4.78 is 2.02. The van der Waals surface area contributed by atoms with E-state index in [1.54, 1.807) is 0 Å². The van der Waals surface area contributed by atoms with Crippen molar-refractivity contribution in [3.8, 4) is 0 Å². The molecule has 0 bridgehead atoms. The lowest BCUT2D eigenvalue weighted by Gasteiger charge is -2.31. The highest BCUT2D eigenvalue weighted by atomic mass is 15.1. The Balaban J connectivity index is 1.84. The lowest BCUT2D eigenvalue weighted by Crippen LogP contribution is -2.37. The van der Waals surface area contributed by atoms with Gasteiger partial charge in [0.25, 0.3) is 0 Å². The predicted octanol–water partition coefficient (Wildman–Crippen LogP) is 1.94. The van der Waals surface area contributed by atoms with E-state index in [9.17, 15) is 0 Å². The Hall–Kier alpha value is -1.55. The van der Waals surface area contributed by atoms with E-state index in [-0.39, 0.29) is 0 Å². The fraction of sp³-hybridized carbons (Fsp3) is 0.500. The third-order valence-electron chi connectivity index (χ3n) is 3.93. The molecule has 1 saturated heterocycles. The number of piperidine rings is 1. The molecule has 1 atom stereocenters. The van der Waals surface area contributed by atoms with Crippen molar-refractivity contribution in [2.45, 2.75) is 31.7 Å². The number of likely N-dealkylation sites (tertiary alicyclic amines) is 1. The van der Waals surface area contributed by atoms with Crippen molar-refractivity contribution < 1.29 is 0 Å². The Labute approximate surface area is 107 Å². The minimum absolute atomic E-state index is 0.630. The second-order valence-corrected chi connectivity index (χ2v) is 5.26. The van der Waals surface area contributed by atoms with Crippen molar-refractivity contribution >= 4 is 11.3 Å². The van der Waals surface area contributed by atoms with Gasteiger partial charge in [-0.2, -0.15) is 0 Å². The molecule has 0 radical (unpaired) electrons. The quantitative estimate of drug-likeness (QED) is 0.878. The van der Waals surface area contributed by atoms with Gasteiger partial charge in [0.05, 0.1) is 11.4 Å². The second kappa shape index (κ2) is 4.61. The van der Waals surface area contributed by atoms with Crippen LogP contribution in [0.3, 0.4) is 0 Å². The maximum absolute atomic E-state index is 5.94. The third kappa shape index (κ3) is 2.08. The van der Waals surface area contributed by atoms with Gasteiger partial charge in [0.1, 0.15) is 0 Å². The smallest absolute Gasteiger partial charge is 0.160 e. The standard InChI is InChI=1S/C14H20N4/c1-17-7-3-2-5-12(17)9-11-10-18-8-4-6-13(15)14(18)16-11/h4,6,8,10,12H,2-3,5,7,9,15H2,1H3. The molecule has 0 amide bonds. The summed E-state index contributed by atoms with van der Waals surface area (Å²) in [7, 11) is 2.22. The summed E-state index contributed by atoms with van der Waals surface area (Å²) >= 11 is 0. The molecule has 1 aliphatic heterocycles. The summed E-state index contributed by atoms with van der Waals surface area (Å²) in [5.74, 6) is 0. The monoisotopic (exact) mass is 244 g/mol. The van der Waals surface area contributed by atoms with E-state index < -0.39 is 0 Å². The van der Waals surface area contributed by atoms with E-state index in [0.29, 0.717) is 6.04 Å². The van der Waals surface area contributed by atoms with Crippen molar-refractivity contribution in [2.24, 2.45) is 0 Å². The number of likely N-dealkylation sites (N-methyl/N-ethyl adjacent to an activating group) is 1. The number of hydrogen-bond donors (Lipinski definition) is 1. The molecule has 0 aromatic carbocycles. The first-order chi connectivity index (χ1) is 8.74. The fourth-order valence-corrected chi connectivity index (χ4v) is 2.83. The van der Waals surface area contributed by atoms with Gasteiger partial charge in [0.15, 0.2) is 5.65 Å². The maximum Gasteiger partial charge on any atom is 0.160 e. The van der Waals surface area contributed by atoms with Crippen LogP contribution in [0.1, 0.15) is 25.0 Å². The number of hydrogen-bond acceptors (Lipinski definition) is 3. The first kappa shape index (κ1) is 11.5. The van der Waals surface area contributed by atoms with Crippen LogP contribution in [0.4, 0.5) is 5.69 Å². The Bertz CT molecular complexity index is 546. The molecule has 0 spiro atoms. The van der Waals surface area contributed by atoms with Gasteiger partial charge in [-0.15, -0.1) is 0 Å². The molecule has 4 nitrogen and oxygen atoms in total. The van der Waals surface area contributed by atoms with E-state index >= 15 is 0 Å². The van der Waals surface area contributed by atoms with Crippen molar-refractivity contribution in [2.75, 3.05) is 19.3 Å². The number of pyridine rings is 1. The molecule has 96 valence electrons. The zero-order valence-corrected chi connectivity index (χ0v) is 10.8. The van der Waals surface area contributed by atoms with Gasteiger partial charge in [-0.25, -0.2) is 4.98 Å². The summed E-state index contributed by atoms with van der Waals surface area (Å²) in [6, 6.07) is 4.49. The molecule has 1 aliphatic rings. The molecule has 1 fully saturated rings. The minimum atomic E-state index is 0.630. The largest absolute Gasteiger partial charge is 0.396 e. The van der Waals surface area contributed by atoms with Gasteiger partial charge in [0, 0.05) is 24.9 Å². The lowest BCUT2D eigenvalue weighted by atomic mass is 9.99. The molecule has 4 heteroatoms. The molecule has 3 rings (SSSR count). The lowest BCUT2D eigenvalue weighted by molar-refractivity contribution is 0.184. The molecule has 3 heterocycles. The molecule has 2 aromatic heterocycles. The Morgan fingerprint density at radius 1 is 1.44 bits per heavy atom. The summed E-state index contributed by atoms with van der Waals surface area (Å²) in [4.78, 5) is 7.11. The summed E-state index contributed by atoms with van der Waals surface area (Å²) in [6.07, 6.45) is 9.08. The van der Waals surface area contributed by atoms with Crippen LogP contribution < -0.4 is 5.73 Å². The molecule has 18 heavy (non-hydrogen) atoms. The molecule has 0 aliphatic carbocycles. The highest BCUT2D eigenvalue weighted by Gasteiger charge is 2.20. The zero-order chi connectivity index (χ0) is 12.5. The van der Waals surface area contributed by atoms with Crippen LogP contribution in [0.5, 0.6) is 0 Å². The normalized spacial score (nSPS) is 21.5. The van der Waals surface area contributed by atoms with Crippen LogP contribution in [0.2, 0.25) is 0 Å². The number of rotatable bonds is 2. The van der Waals surface area contributed by atoms with Gasteiger partial charge in [-0.3, -0.25) is 0 Å².